The van der Waals surface area contributed by atoms with Crippen LogP contribution in [0.4, 0.5) is 5.69 Å². The molecule has 6 heteroatoms. The number of benzene rings is 4. The van der Waals surface area contributed by atoms with Crippen molar-refractivity contribution in [1.29, 1.82) is 0 Å². The standard InChI is InChI=1S/C27H19BrN2O2S/c28-21-10-12-22(13-11-21)29-27-30-26(31)25(33-27)16-18-8-14-23(15-9-18)32-17-20-6-3-5-19-4-1-2-7-24(19)20/h1-16H,17H2,(H,29,30,31)/b25-16+. The van der Waals surface area contributed by atoms with Crippen LogP contribution in [0.2, 0.25) is 0 Å². The largest absolute Gasteiger partial charge is 0.489 e. The van der Waals surface area contributed by atoms with Crippen molar-refractivity contribution in [2.24, 2.45) is 4.99 Å². The van der Waals surface area contributed by atoms with Crippen LogP contribution in [0.1, 0.15) is 11.1 Å². The van der Waals surface area contributed by atoms with Crippen LogP contribution in [-0.4, -0.2) is 11.1 Å². The van der Waals surface area contributed by atoms with Crippen molar-refractivity contribution < 1.29 is 9.53 Å². The summed E-state index contributed by atoms with van der Waals surface area (Å²) < 4.78 is 7.00. The lowest BCUT2D eigenvalue weighted by atomic mass is 10.1. The van der Waals surface area contributed by atoms with Crippen LogP contribution in [0.3, 0.4) is 0 Å². The molecule has 0 radical (unpaired) electrons. The zero-order valence-corrected chi connectivity index (χ0v) is 19.9. The number of thioether (sulfide) groups is 1. The van der Waals surface area contributed by atoms with Crippen LogP contribution in [-0.2, 0) is 11.4 Å². The van der Waals surface area contributed by atoms with Crippen molar-refractivity contribution in [2.75, 3.05) is 0 Å². The number of nitrogens with zero attached hydrogens (tertiary/aromatic N) is 1. The maximum absolute atomic E-state index is 12.4. The Hall–Kier alpha value is -3.35. The summed E-state index contributed by atoms with van der Waals surface area (Å²) in [6.45, 7) is 0.496. The first-order valence-electron chi connectivity index (χ1n) is 10.4. The molecule has 1 heterocycles. The van der Waals surface area contributed by atoms with Gasteiger partial charge in [-0.1, -0.05) is 70.5 Å². The van der Waals surface area contributed by atoms with Crippen molar-refractivity contribution in [3.8, 4) is 5.75 Å². The lowest BCUT2D eigenvalue weighted by Crippen LogP contribution is -2.19. The van der Waals surface area contributed by atoms with E-state index in [2.05, 4.69) is 56.6 Å². The minimum Gasteiger partial charge on any atom is -0.489 e. The Morgan fingerprint density at radius 3 is 2.48 bits per heavy atom. The van der Waals surface area contributed by atoms with Gasteiger partial charge in [-0.25, -0.2) is 4.99 Å². The first-order valence-corrected chi connectivity index (χ1v) is 12.0. The number of halogens is 1. The van der Waals surface area contributed by atoms with Gasteiger partial charge >= 0.3 is 0 Å². The molecule has 5 rings (SSSR count). The predicted molar refractivity (Wildman–Crippen MR) is 140 cm³/mol. The van der Waals surface area contributed by atoms with Crippen molar-refractivity contribution in [3.63, 3.8) is 0 Å². The van der Waals surface area contributed by atoms with Crippen LogP contribution in [0.15, 0.2) is 105 Å². The summed E-state index contributed by atoms with van der Waals surface area (Å²) >= 11 is 4.74. The molecule has 4 nitrogen and oxygen atoms in total. The van der Waals surface area contributed by atoms with Crippen LogP contribution < -0.4 is 10.1 Å². The molecule has 4 aromatic rings. The van der Waals surface area contributed by atoms with E-state index in [1.54, 1.807) is 0 Å². The highest BCUT2D eigenvalue weighted by Gasteiger charge is 2.23. The highest BCUT2D eigenvalue weighted by atomic mass is 79.9. The average Bonchev–Trinajstić information content (AvgIpc) is 3.18. The van der Waals surface area contributed by atoms with Gasteiger partial charge in [0, 0.05) is 4.47 Å². The Kier molecular flexibility index (Phi) is 6.28. The number of carbonyl (C=O) groups is 1. The van der Waals surface area contributed by atoms with Crippen LogP contribution in [0, 0.1) is 0 Å². The van der Waals surface area contributed by atoms with Crippen molar-refractivity contribution in [3.05, 3.63) is 112 Å². The molecule has 0 atom stereocenters. The maximum Gasteiger partial charge on any atom is 0.264 e. The second-order valence-corrected chi connectivity index (χ2v) is 9.40. The van der Waals surface area contributed by atoms with Gasteiger partial charge in [0.1, 0.15) is 12.4 Å². The van der Waals surface area contributed by atoms with Gasteiger partial charge in [0.15, 0.2) is 5.17 Å². The molecule has 0 unspecified atom stereocenters. The molecule has 0 saturated carbocycles. The van der Waals surface area contributed by atoms with Crippen LogP contribution in [0.25, 0.3) is 16.8 Å². The molecule has 1 saturated heterocycles. The van der Waals surface area contributed by atoms with E-state index in [4.69, 9.17) is 4.74 Å². The highest BCUT2D eigenvalue weighted by Crippen LogP contribution is 2.29. The molecule has 33 heavy (non-hydrogen) atoms. The molecule has 1 amide bonds. The maximum atomic E-state index is 12.4. The van der Waals surface area contributed by atoms with Gasteiger partial charge in [-0.15, -0.1) is 0 Å². The van der Waals surface area contributed by atoms with Crippen LogP contribution >= 0.6 is 27.7 Å². The molecule has 0 spiro atoms. The zero-order valence-electron chi connectivity index (χ0n) is 17.5. The number of aliphatic imine (C=N–C) groups is 1. The molecular weight excluding hydrogens is 496 g/mol. The lowest BCUT2D eigenvalue weighted by Gasteiger charge is -2.09. The van der Waals surface area contributed by atoms with E-state index in [-0.39, 0.29) is 5.91 Å². The number of nitrogens with one attached hydrogen (secondary N) is 1. The Balaban J connectivity index is 1.25. The van der Waals surface area contributed by atoms with E-state index in [0.29, 0.717) is 16.7 Å². The predicted octanol–water partition coefficient (Wildman–Crippen LogP) is 7.07. The molecule has 4 aromatic carbocycles. The second-order valence-electron chi connectivity index (χ2n) is 7.45. The third-order valence-corrected chi connectivity index (χ3v) is 6.60. The lowest BCUT2D eigenvalue weighted by molar-refractivity contribution is -0.115. The van der Waals surface area contributed by atoms with Gasteiger partial charge in [-0.3, -0.25) is 4.79 Å². The summed E-state index contributed by atoms with van der Waals surface area (Å²) in [5.41, 5.74) is 2.86. The Bertz CT molecular complexity index is 1370. The average molecular weight is 515 g/mol. The first kappa shape index (κ1) is 21.5. The number of hydrogen-bond acceptors (Lipinski definition) is 4. The highest BCUT2D eigenvalue weighted by molar-refractivity contribution is 9.10. The van der Waals surface area contributed by atoms with E-state index in [9.17, 15) is 4.79 Å². The normalized spacial score (nSPS) is 15.8. The summed E-state index contributed by atoms with van der Waals surface area (Å²) in [5, 5.41) is 5.80. The summed E-state index contributed by atoms with van der Waals surface area (Å²) in [6, 6.07) is 29.9. The molecule has 1 aliphatic heterocycles. The third kappa shape index (κ3) is 5.18. The SMILES string of the molecule is O=C1NC(=Nc2ccc(Br)cc2)S/C1=C/c1ccc(OCc2cccc3ccccc23)cc1. The Morgan fingerprint density at radius 2 is 1.67 bits per heavy atom. The molecule has 1 fully saturated rings. The van der Waals surface area contributed by atoms with Gasteiger partial charge in [-0.05, 0) is 76.1 Å². The summed E-state index contributed by atoms with van der Waals surface area (Å²) in [6.07, 6.45) is 1.86. The minimum absolute atomic E-state index is 0.146. The number of amidine groups is 1. The zero-order chi connectivity index (χ0) is 22.6. The van der Waals surface area contributed by atoms with Gasteiger partial charge in [0.25, 0.3) is 5.91 Å². The minimum atomic E-state index is -0.146. The molecule has 0 bridgehead atoms. The Morgan fingerprint density at radius 1 is 0.909 bits per heavy atom. The van der Waals surface area contributed by atoms with E-state index >= 15 is 0 Å². The Labute approximate surface area is 204 Å². The van der Waals surface area contributed by atoms with Crippen molar-refractivity contribution in [2.45, 2.75) is 6.61 Å². The number of carbonyl (C=O) groups excluding carboxylic acids is 1. The van der Waals surface area contributed by atoms with E-state index < -0.39 is 0 Å². The van der Waals surface area contributed by atoms with Gasteiger partial charge in [0.2, 0.25) is 0 Å². The van der Waals surface area contributed by atoms with Crippen LogP contribution in [0.5, 0.6) is 5.75 Å². The second kappa shape index (κ2) is 9.65. The molecule has 0 aliphatic carbocycles. The third-order valence-electron chi connectivity index (χ3n) is 5.16. The van der Waals surface area contributed by atoms with Gasteiger partial charge < -0.3 is 10.1 Å². The topological polar surface area (TPSA) is 50.7 Å². The number of hydrogen-bond donors (Lipinski definition) is 1. The molecule has 162 valence electrons. The van der Waals surface area contributed by atoms with E-state index in [0.717, 1.165) is 27.0 Å². The fraction of sp³-hybridized carbons (Fsp3) is 0.0370. The fourth-order valence-electron chi connectivity index (χ4n) is 3.50. The summed E-state index contributed by atoms with van der Waals surface area (Å²) in [7, 11) is 0. The van der Waals surface area contributed by atoms with Crippen molar-refractivity contribution in [1.82, 2.24) is 5.32 Å². The number of amides is 1. The number of fused-ring (bicyclic) bond motifs is 1. The van der Waals surface area contributed by atoms with Gasteiger partial charge in [-0.2, -0.15) is 0 Å². The monoisotopic (exact) mass is 514 g/mol. The summed E-state index contributed by atoms with van der Waals surface area (Å²) in [5.74, 6) is 0.637. The van der Waals surface area contributed by atoms with Crippen molar-refractivity contribution >= 4 is 61.3 Å². The molecular formula is C27H19BrN2O2S. The first-order chi connectivity index (χ1) is 16.1. The smallest absolute Gasteiger partial charge is 0.264 e. The van der Waals surface area contributed by atoms with E-state index in [1.165, 1.54) is 22.5 Å². The van der Waals surface area contributed by atoms with Gasteiger partial charge in [0.05, 0.1) is 10.6 Å². The molecule has 1 N–H and O–H groups in total. The number of rotatable bonds is 5. The molecule has 1 aliphatic rings. The van der Waals surface area contributed by atoms with E-state index in [1.807, 2.05) is 66.7 Å². The quantitative estimate of drug-likeness (QED) is 0.289. The summed E-state index contributed by atoms with van der Waals surface area (Å²) in [4.78, 5) is 17.5. The fourth-order valence-corrected chi connectivity index (χ4v) is 4.61. The number of ether oxygens (including phenoxy) is 1. The molecule has 0 aromatic heterocycles.